The van der Waals surface area contributed by atoms with Crippen molar-refractivity contribution in [2.24, 2.45) is 0 Å². The second-order valence-corrected chi connectivity index (χ2v) is 12.2. The van der Waals surface area contributed by atoms with Gasteiger partial charge < -0.3 is 15.7 Å². The number of hydrogen-bond acceptors (Lipinski definition) is 9. The fourth-order valence-corrected chi connectivity index (χ4v) is 5.84. The van der Waals surface area contributed by atoms with Gasteiger partial charge in [0.25, 0.3) is 0 Å². The van der Waals surface area contributed by atoms with Crippen LogP contribution in [0.25, 0.3) is 21.5 Å². The Labute approximate surface area is 220 Å². The highest BCUT2D eigenvalue weighted by atomic mass is 32.2. The number of aliphatic hydroxyl groups is 1. The first-order valence-electron chi connectivity index (χ1n) is 12.3. The van der Waals surface area contributed by atoms with Gasteiger partial charge in [0.15, 0.2) is 5.13 Å². The molecule has 11 heteroatoms. The molecular weight excluding hydrogens is 508 g/mol. The molecule has 0 amide bonds. The summed E-state index contributed by atoms with van der Waals surface area (Å²) >= 11 is 1.60. The summed E-state index contributed by atoms with van der Waals surface area (Å²) in [6.45, 7) is 0.797. The van der Waals surface area contributed by atoms with Gasteiger partial charge in [-0.2, -0.15) is 0 Å². The minimum absolute atomic E-state index is 0.0675. The van der Waals surface area contributed by atoms with E-state index in [0.717, 1.165) is 64.0 Å². The van der Waals surface area contributed by atoms with E-state index in [1.54, 1.807) is 23.7 Å². The Bertz CT molecular complexity index is 1490. The Kier molecular flexibility index (Phi) is 7.65. The number of fused-ring (bicyclic) bond motifs is 1. The number of thiazole rings is 1. The molecule has 0 radical (unpaired) electrons. The molecule has 0 bridgehead atoms. The fourth-order valence-electron chi connectivity index (χ4n) is 4.42. The maximum atomic E-state index is 11.4. The molecule has 1 saturated carbocycles. The molecule has 2 aromatic heterocycles. The molecule has 1 unspecified atom stereocenters. The summed E-state index contributed by atoms with van der Waals surface area (Å²) < 4.78 is 26.4. The second-order valence-electron chi connectivity index (χ2n) is 9.36. The average molecular weight is 539 g/mol. The van der Waals surface area contributed by atoms with Crippen molar-refractivity contribution in [3.05, 3.63) is 66.0 Å². The molecule has 0 aliphatic heterocycles. The van der Waals surface area contributed by atoms with Gasteiger partial charge in [-0.3, -0.25) is 4.98 Å². The van der Waals surface area contributed by atoms with Crippen LogP contribution >= 0.6 is 11.3 Å². The zero-order valence-electron chi connectivity index (χ0n) is 20.5. The van der Waals surface area contributed by atoms with Crippen LogP contribution in [-0.2, 0) is 23.1 Å². The number of aromatic nitrogens is 3. The van der Waals surface area contributed by atoms with Gasteiger partial charge in [-0.25, -0.2) is 23.1 Å². The highest BCUT2D eigenvalue weighted by Crippen LogP contribution is 2.30. The molecule has 4 N–H and O–H groups in total. The maximum absolute atomic E-state index is 11.4. The van der Waals surface area contributed by atoms with Gasteiger partial charge in [0, 0.05) is 18.7 Å². The van der Waals surface area contributed by atoms with Gasteiger partial charge in [-0.1, -0.05) is 48.4 Å². The Balaban J connectivity index is 1.24. The minimum Gasteiger partial charge on any atom is -0.391 e. The van der Waals surface area contributed by atoms with Crippen molar-refractivity contribution in [2.45, 2.75) is 50.9 Å². The van der Waals surface area contributed by atoms with E-state index in [2.05, 4.69) is 26.4 Å². The molecule has 1 aliphatic carbocycles. The van der Waals surface area contributed by atoms with Crippen molar-refractivity contribution >= 4 is 42.5 Å². The van der Waals surface area contributed by atoms with Gasteiger partial charge in [-0.05, 0) is 42.2 Å². The molecule has 9 nitrogen and oxygen atoms in total. The van der Waals surface area contributed by atoms with E-state index in [0.29, 0.717) is 18.1 Å². The van der Waals surface area contributed by atoms with E-state index >= 15 is 0 Å². The van der Waals surface area contributed by atoms with Gasteiger partial charge in [0.05, 0.1) is 46.7 Å². The molecule has 2 heterocycles. The summed E-state index contributed by atoms with van der Waals surface area (Å²) in [6.07, 6.45) is 8.22. The number of sulfonamides is 1. The Hall–Kier alpha value is -3.12. The van der Waals surface area contributed by atoms with Crippen molar-refractivity contribution < 1.29 is 13.5 Å². The monoisotopic (exact) mass is 538 g/mol. The van der Waals surface area contributed by atoms with Crippen molar-refractivity contribution in [1.29, 1.82) is 0 Å². The fraction of sp³-hybridized carbons (Fsp3) is 0.346. The number of nitrogens with zero attached hydrogens (tertiary/aromatic N) is 3. The lowest BCUT2D eigenvalue weighted by atomic mass is 9.93. The molecule has 1 fully saturated rings. The van der Waals surface area contributed by atoms with Crippen LogP contribution in [0.5, 0.6) is 0 Å². The zero-order chi connectivity index (χ0) is 25.8. The molecule has 0 saturated heterocycles. The number of hydrogen-bond donors (Lipinski definition) is 4. The first kappa shape index (κ1) is 25.5. The number of benzene rings is 2. The van der Waals surface area contributed by atoms with Gasteiger partial charge in [0.1, 0.15) is 5.82 Å². The molecule has 37 heavy (non-hydrogen) atoms. The standard InChI is InChI=1S/C26H30N6O3S2/c1-37(34,35)29-14-17-5-4-6-19(11-17)22-15-27-16-25(30-22)28-13-18-9-10-21-24(12-18)36-26(32-21)31-20-7-2-3-8-23(20)33/h4-6,9-12,15-16,20,23,29,33H,2-3,7-8,13-14H2,1H3,(H,28,30)(H,31,32)/t20?,23-/m1/s1. The van der Waals surface area contributed by atoms with E-state index in [1.807, 2.05) is 36.4 Å². The lowest BCUT2D eigenvalue weighted by molar-refractivity contribution is 0.116. The Morgan fingerprint density at radius 2 is 1.86 bits per heavy atom. The van der Waals surface area contributed by atoms with E-state index < -0.39 is 10.0 Å². The SMILES string of the molecule is CS(=O)(=O)NCc1cccc(-c2cncc(NCc3ccc4nc(NC5CCCC[C@H]5O)sc4c3)n2)c1. The predicted octanol–water partition coefficient (Wildman–Crippen LogP) is 4.13. The normalized spacial score (nSPS) is 18.1. The van der Waals surface area contributed by atoms with E-state index in [9.17, 15) is 13.5 Å². The van der Waals surface area contributed by atoms with Crippen LogP contribution in [0, 0.1) is 0 Å². The third-order valence-corrected chi connectivity index (χ3v) is 7.98. The maximum Gasteiger partial charge on any atom is 0.209 e. The largest absolute Gasteiger partial charge is 0.391 e. The van der Waals surface area contributed by atoms with Crippen molar-refractivity contribution in [2.75, 3.05) is 16.9 Å². The Morgan fingerprint density at radius 1 is 1.03 bits per heavy atom. The summed E-state index contributed by atoms with van der Waals surface area (Å²) in [6, 6.07) is 13.8. The third-order valence-electron chi connectivity index (χ3n) is 6.36. The summed E-state index contributed by atoms with van der Waals surface area (Å²) in [4.78, 5) is 13.7. The summed E-state index contributed by atoms with van der Waals surface area (Å²) in [7, 11) is -3.27. The van der Waals surface area contributed by atoms with Crippen LogP contribution in [0.15, 0.2) is 54.9 Å². The highest BCUT2D eigenvalue weighted by Gasteiger charge is 2.23. The highest BCUT2D eigenvalue weighted by molar-refractivity contribution is 7.88. The Morgan fingerprint density at radius 3 is 2.70 bits per heavy atom. The third kappa shape index (κ3) is 6.80. The number of rotatable bonds is 9. The van der Waals surface area contributed by atoms with Crippen LogP contribution in [0.4, 0.5) is 10.9 Å². The van der Waals surface area contributed by atoms with Crippen LogP contribution in [0.3, 0.4) is 0 Å². The van der Waals surface area contributed by atoms with Crippen LogP contribution < -0.4 is 15.4 Å². The van der Waals surface area contributed by atoms with Crippen LogP contribution in [0.2, 0.25) is 0 Å². The van der Waals surface area contributed by atoms with Crippen molar-refractivity contribution in [3.63, 3.8) is 0 Å². The second kappa shape index (κ2) is 11.1. The lowest BCUT2D eigenvalue weighted by Crippen LogP contribution is -2.36. The van der Waals surface area contributed by atoms with Crippen molar-refractivity contribution in [3.8, 4) is 11.3 Å². The first-order valence-corrected chi connectivity index (χ1v) is 15.0. The molecule has 2 atom stereocenters. The minimum atomic E-state index is -3.27. The van der Waals surface area contributed by atoms with Crippen LogP contribution in [-0.4, -0.2) is 46.9 Å². The zero-order valence-corrected chi connectivity index (χ0v) is 22.1. The molecule has 2 aromatic carbocycles. The van der Waals surface area contributed by atoms with E-state index in [1.165, 1.54) is 0 Å². The molecule has 194 valence electrons. The number of anilines is 2. The predicted molar refractivity (Wildman–Crippen MR) is 148 cm³/mol. The summed E-state index contributed by atoms with van der Waals surface area (Å²) in [5.41, 5.74) is 4.44. The van der Waals surface area contributed by atoms with E-state index in [4.69, 9.17) is 9.97 Å². The van der Waals surface area contributed by atoms with Crippen LogP contribution in [0.1, 0.15) is 36.8 Å². The molecular formula is C26H30N6O3S2. The van der Waals surface area contributed by atoms with Gasteiger partial charge in [-0.15, -0.1) is 0 Å². The molecule has 0 spiro atoms. The number of aliphatic hydroxyl groups excluding tert-OH is 1. The number of nitrogens with one attached hydrogen (secondary N) is 3. The summed E-state index contributed by atoms with van der Waals surface area (Å²) in [5.74, 6) is 0.648. The topological polar surface area (TPSA) is 129 Å². The van der Waals surface area contributed by atoms with Gasteiger partial charge in [0.2, 0.25) is 10.0 Å². The quantitative estimate of drug-likeness (QED) is 0.250. The summed E-state index contributed by atoms with van der Waals surface area (Å²) in [5, 5.41) is 17.9. The smallest absolute Gasteiger partial charge is 0.209 e. The molecule has 5 rings (SSSR count). The van der Waals surface area contributed by atoms with Crippen molar-refractivity contribution in [1.82, 2.24) is 19.7 Å². The first-order chi connectivity index (χ1) is 17.8. The lowest BCUT2D eigenvalue weighted by Gasteiger charge is -2.27. The molecule has 1 aliphatic rings. The van der Waals surface area contributed by atoms with Gasteiger partial charge >= 0.3 is 0 Å². The van der Waals surface area contributed by atoms with E-state index in [-0.39, 0.29) is 18.7 Å². The molecule has 4 aromatic rings. The average Bonchev–Trinajstić information content (AvgIpc) is 3.29.